The SMILES string of the molecule is CC(C)C(NC(=O)c1ccc(CCC(C)(C)O)cc1)c1nccn1C. The van der Waals surface area contributed by atoms with Crippen LogP contribution in [0.5, 0.6) is 0 Å². The van der Waals surface area contributed by atoms with Gasteiger partial charge in [-0.25, -0.2) is 4.98 Å². The summed E-state index contributed by atoms with van der Waals surface area (Å²) < 4.78 is 1.94. The predicted molar refractivity (Wildman–Crippen MR) is 99.3 cm³/mol. The van der Waals surface area contributed by atoms with Crippen molar-refractivity contribution in [3.05, 3.63) is 53.6 Å². The average Bonchev–Trinajstić information content (AvgIpc) is 2.95. The number of benzene rings is 1. The quantitative estimate of drug-likeness (QED) is 0.811. The lowest BCUT2D eigenvalue weighted by atomic mass is 9.98. The van der Waals surface area contributed by atoms with Crippen molar-refractivity contribution in [1.29, 1.82) is 0 Å². The van der Waals surface area contributed by atoms with Crippen molar-refractivity contribution in [1.82, 2.24) is 14.9 Å². The number of carbonyl (C=O) groups excluding carboxylic acids is 1. The van der Waals surface area contributed by atoms with E-state index in [0.29, 0.717) is 12.0 Å². The highest BCUT2D eigenvalue weighted by Crippen LogP contribution is 2.20. The van der Waals surface area contributed by atoms with Crippen LogP contribution in [0.3, 0.4) is 0 Å². The first-order valence-electron chi connectivity index (χ1n) is 8.77. The van der Waals surface area contributed by atoms with Crippen molar-refractivity contribution in [2.24, 2.45) is 13.0 Å². The van der Waals surface area contributed by atoms with Gasteiger partial charge in [0.15, 0.2) is 0 Å². The summed E-state index contributed by atoms with van der Waals surface area (Å²) in [5.41, 5.74) is 1.07. The summed E-state index contributed by atoms with van der Waals surface area (Å²) in [6.07, 6.45) is 5.10. The number of aryl methyl sites for hydroxylation is 2. The monoisotopic (exact) mass is 343 g/mol. The molecule has 1 aromatic carbocycles. The lowest BCUT2D eigenvalue weighted by molar-refractivity contribution is 0.0713. The zero-order valence-electron chi connectivity index (χ0n) is 15.8. The molecule has 1 aromatic heterocycles. The summed E-state index contributed by atoms with van der Waals surface area (Å²) in [7, 11) is 1.93. The van der Waals surface area contributed by atoms with Gasteiger partial charge in [-0.2, -0.15) is 0 Å². The highest BCUT2D eigenvalue weighted by Gasteiger charge is 2.22. The van der Waals surface area contributed by atoms with Crippen LogP contribution in [-0.4, -0.2) is 26.2 Å². The number of rotatable bonds is 7. The van der Waals surface area contributed by atoms with Crippen molar-refractivity contribution in [3.8, 4) is 0 Å². The van der Waals surface area contributed by atoms with E-state index in [2.05, 4.69) is 24.1 Å². The highest BCUT2D eigenvalue weighted by molar-refractivity contribution is 5.94. The fourth-order valence-corrected chi connectivity index (χ4v) is 2.70. The number of carbonyl (C=O) groups is 1. The van der Waals surface area contributed by atoms with Gasteiger partial charge >= 0.3 is 0 Å². The number of imidazole rings is 1. The molecule has 5 heteroatoms. The molecule has 0 aliphatic carbocycles. The topological polar surface area (TPSA) is 67.2 Å². The van der Waals surface area contributed by atoms with Crippen molar-refractivity contribution < 1.29 is 9.90 Å². The molecule has 0 radical (unpaired) electrons. The predicted octanol–water partition coefficient (Wildman–Crippen LogP) is 3.25. The third-order valence-corrected chi connectivity index (χ3v) is 4.33. The number of hydrogen-bond donors (Lipinski definition) is 2. The summed E-state index contributed by atoms with van der Waals surface area (Å²) in [4.78, 5) is 17.0. The Kier molecular flexibility index (Phi) is 6.01. The summed E-state index contributed by atoms with van der Waals surface area (Å²) in [6.45, 7) is 7.75. The molecular weight excluding hydrogens is 314 g/mol. The Morgan fingerprint density at radius 1 is 1.28 bits per heavy atom. The molecule has 1 unspecified atom stereocenters. The van der Waals surface area contributed by atoms with Gasteiger partial charge in [-0.1, -0.05) is 26.0 Å². The first-order valence-corrected chi connectivity index (χ1v) is 8.77. The van der Waals surface area contributed by atoms with Gasteiger partial charge in [0.2, 0.25) is 0 Å². The van der Waals surface area contributed by atoms with E-state index in [-0.39, 0.29) is 17.9 Å². The first-order chi connectivity index (χ1) is 11.7. The van der Waals surface area contributed by atoms with E-state index in [0.717, 1.165) is 17.8 Å². The van der Waals surface area contributed by atoms with Gasteiger partial charge in [-0.05, 0) is 50.3 Å². The van der Waals surface area contributed by atoms with E-state index in [1.54, 1.807) is 20.0 Å². The Morgan fingerprint density at radius 2 is 1.92 bits per heavy atom. The Morgan fingerprint density at radius 3 is 2.40 bits per heavy atom. The molecule has 25 heavy (non-hydrogen) atoms. The average molecular weight is 343 g/mol. The molecule has 1 amide bonds. The molecule has 5 nitrogen and oxygen atoms in total. The maximum atomic E-state index is 12.6. The minimum absolute atomic E-state index is 0.101. The van der Waals surface area contributed by atoms with Gasteiger partial charge < -0.3 is 15.0 Å². The van der Waals surface area contributed by atoms with Crippen LogP contribution in [0, 0.1) is 5.92 Å². The van der Waals surface area contributed by atoms with Crippen molar-refractivity contribution in [3.63, 3.8) is 0 Å². The smallest absolute Gasteiger partial charge is 0.251 e. The van der Waals surface area contributed by atoms with Crippen LogP contribution in [0.25, 0.3) is 0 Å². The molecular formula is C20H29N3O2. The van der Waals surface area contributed by atoms with Gasteiger partial charge in [-0.15, -0.1) is 0 Å². The van der Waals surface area contributed by atoms with Crippen molar-refractivity contribution in [2.45, 2.75) is 52.2 Å². The molecule has 2 aromatic rings. The fraction of sp³-hybridized carbons (Fsp3) is 0.500. The molecule has 0 aliphatic heterocycles. The molecule has 0 spiro atoms. The first kappa shape index (κ1) is 19.2. The van der Waals surface area contributed by atoms with E-state index in [4.69, 9.17) is 0 Å². The highest BCUT2D eigenvalue weighted by atomic mass is 16.3. The zero-order valence-corrected chi connectivity index (χ0v) is 15.8. The second kappa shape index (κ2) is 7.83. The van der Waals surface area contributed by atoms with Gasteiger partial charge in [0.05, 0.1) is 11.6 Å². The molecule has 2 rings (SSSR count). The number of nitrogens with zero attached hydrogens (tertiary/aromatic N) is 2. The van der Waals surface area contributed by atoms with E-state index >= 15 is 0 Å². The molecule has 136 valence electrons. The number of hydrogen-bond acceptors (Lipinski definition) is 3. The lowest BCUT2D eigenvalue weighted by Gasteiger charge is -2.22. The van der Waals surface area contributed by atoms with Gasteiger partial charge in [0, 0.05) is 25.0 Å². The van der Waals surface area contributed by atoms with Crippen LogP contribution in [0.1, 0.15) is 61.9 Å². The van der Waals surface area contributed by atoms with Gasteiger partial charge in [0.1, 0.15) is 5.82 Å². The summed E-state index contributed by atoms with van der Waals surface area (Å²) in [5, 5.41) is 12.9. The third kappa shape index (κ3) is 5.43. The minimum Gasteiger partial charge on any atom is -0.390 e. The molecule has 0 bridgehead atoms. The normalized spacial score (nSPS) is 13.1. The van der Waals surface area contributed by atoms with Crippen molar-refractivity contribution in [2.75, 3.05) is 0 Å². The zero-order chi connectivity index (χ0) is 18.6. The molecule has 0 fully saturated rings. The van der Waals surface area contributed by atoms with Crippen LogP contribution < -0.4 is 5.32 Å². The number of aromatic nitrogens is 2. The van der Waals surface area contributed by atoms with Gasteiger partial charge in [-0.3, -0.25) is 4.79 Å². The standard InChI is InChI=1S/C20H29N3O2/c1-14(2)17(18-21-12-13-23(18)5)22-19(24)16-8-6-15(7-9-16)10-11-20(3,4)25/h6-9,12-14,17,25H,10-11H2,1-5H3,(H,22,24). The minimum atomic E-state index is -0.678. The van der Waals surface area contributed by atoms with Crippen LogP contribution in [0.4, 0.5) is 0 Å². The number of amides is 1. The molecule has 1 atom stereocenters. The Bertz CT molecular complexity index is 696. The molecule has 0 saturated carbocycles. The van der Waals surface area contributed by atoms with E-state index < -0.39 is 5.60 Å². The summed E-state index contributed by atoms with van der Waals surface area (Å²) in [5.74, 6) is 0.983. The van der Waals surface area contributed by atoms with Crippen LogP contribution in [0.2, 0.25) is 0 Å². The second-order valence-electron chi connectivity index (χ2n) is 7.60. The van der Waals surface area contributed by atoms with E-state index in [9.17, 15) is 9.90 Å². The summed E-state index contributed by atoms with van der Waals surface area (Å²) >= 11 is 0. The number of nitrogens with one attached hydrogen (secondary N) is 1. The molecule has 2 N–H and O–H groups in total. The maximum Gasteiger partial charge on any atom is 0.251 e. The Labute approximate surface area is 150 Å². The molecule has 0 aliphatic rings. The number of aliphatic hydroxyl groups is 1. The van der Waals surface area contributed by atoms with Crippen LogP contribution >= 0.6 is 0 Å². The van der Waals surface area contributed by atoms with Crippen LogP contribution in [-0.2, 0) is 13.5 Å². The summed E-state index contributed by atoms with van der Waals surface area (Å²) in [6, 6.07) is 7.44. The third-order valence-electron chi connectivity index (χ3n) is 4.33. The largest absolute Gasteiger partial charge is 0.390 e. The molecule has 1 heterocycles. The Hall–Kier alpha value is -2.14. The maximum absolute atomic E-state index is 12.6. The second-order valence-corrected chi connectivity index (χ2v) is 7.60. The van der Waals surface area contributed by atoms with Crippen LogP contribution in [0.15, 0.2) is 36.7 Å². The lowest BCUT2D eigenvalue weighted by Crippen LogP contribution is -2.33. The fourth-order valence-electron chi connectivity index (χ4n) is 2.70. The van der Waals surface area contributed by atoms with Crippen molar-refractivity contribution >= 4 is 5.91 Å². The molecule has 0 saturated heterocycles. The van der Waals surface area contributed by atoms with E-state index in [1.165, 1.54) is 0 Å². The van der Waals surface area contributed by atoms with E-state index in [1.807, 2.05) is 42.1 Å². The van der Waals surface area contributed by atoms with Gasteiger partial charge in [0.25, 0.3) is 5.91 Å². The Balaban J connectivity index is 2.05.